The zero-order chi connectivity index (χ0) is 9.10. The maximum atomic E-state index is 6.91. The molecule has 13 heavy (non-hydrogen) atoms. The molecule has 0 unspecified atom stereocenters. The summed E-state index contributed by atoms with van der Waals surface area (Å²) < 4.78 is 5.43. The number of ether oxygens (including phenoxy) is 1. The van der Waals surface area contributed by atoms with E-state index in [4.69, 9.17) is 10.1 Å². The van der Waals surface area contributed by atoms with Crippen LogP contribution in [-0.2, 0) is 6.42 Å². The topological polar surface area (TPSA) is 33.1 Å². The van der Waals surface area contributed by atoms with Gasteiger partial charge < -0.3 is 10.1 Å². The third-order valence-electron chi connectivity index (χ3n) is 2.15. The third-order valence-corrected chi connectivity index (χ3v) is 2.15. The van der Waals surface area contributed by atoms with Crippen molar-refractivity contribution >= 4 is 12.3 Å². The van der Waals surface area contributed by atoms with E-state index in [1.807, 2.05) is 24.3 Å². The number of fused-ring (bicyclic) bond motifs is 1. The van der Waals surface area contributed by atoms with Crippen LogP contribution in [0.1, 0.15) is 11.1 Å². The summed E-state index contributed by atoms with van der Waals surface area (Å²) in [5.74, 6) is 0.993. The van der Waals surface area contributed by atoms with E-state index < -0.39 is 0 Å². The number of allylic oxidation sites excluding steroid dienone is 1. The Morgan fingerprint density at radius 1 is 1.38 bits per heavy atom. The molecular formula is C11H11NO. The summed E-state index contributed by atoms with van der Waals surface area (Å²) in [7, 11) is 0. The minimum atomic E-state index is 0.783. The quantitative estimate of drug-likeness (QED) is 0.684. The second-order valence-corrected chi connectivity index (χ2v) is 2.95. The van der Waals surface area contributed by atoms with Crippen molar-refractivity contribution in [2.75, 3.05) is 6.61 Å². The Labute approximate surface area is 77.4 Å². The van der Waals surface area contributed by atoms with Crippen molar-refractivity contribution in [3.05, 3.63) is 35.4 Å². The molecule has 1 aliphatic heterocycles. The smallest absolute Gasteiger partial charge is 0.123 e. The SMILES string of the molecule is N=C/C=C\c1cccc2c1CCO2. The summed E-state index contributed by atoms with van der Waals surface area (Å²) in [6, 6.07) is 6.02. The largest absolute Gasteiger partial charge is 0.493 e. The van der Waals surface area contributed by atoms with Crippen molar-refractivity contribution in [1.29, 1.82) is 5.41 Å². The minimum Gasteiger partial charge on any atom is -0.493 e. The van der Waals surface area contributed by atoms with E-state index in [0.29, 0.717) is 0 Å². The first-order valence-corrected chi connectivity index (χ1v) is 4.33. The first-order chi connectivity index (χ1) is 6.42. The average Bonchev–Trinajstić information content (AvgIpc) is 2.62. The summed E-state index contributed by atoms with van der Waals surface area (Å²) in [4.78, 5) is 0. The molecule has 0 bridgehead atoms. The zero-order valence-corrected chi connectivity index (χ0v) is 7.29. The van der Waals surface area contributed by atoms with Gasteiger partial charge in [0.25, 0.3) is 0 Å². The molecule has 2 rings (SSSR count). The van der Waals surface area contributed by atoms with Gasteiger partial charge in [-0.3, -0.25) is 0 Å². The first-order valence-electron chi connectivity index (χ1n) is 4.33. The van der Waals surface area contributed by atoms with Crippen molar-refractivity contribution in [3.63, 3.8) is 0 Å². The fourth-order valence-corrected chi connectivity index (χ4v) is 1.56. The van der Waals surface area contributed by atoms with E-state index in [9.17, 15) is 0 Å². The van der Waals surface area contributed by atoms with Gasteiger partial charge in [0.05, 0.1) is 6.61 Å². The minimum absolute atomic E-state index is 0.783. The molecule has 0 atom stereocenters. The standard InChI is InChI=1S/C11H11NO/c12-7-2-4-9-3-1-5-11-10(9)6-8-13-11/h1-5,7,12H,6,8H2/b4-2-,12-7?. The van der Waals surface area contributed by atoms with E-state index in [0.717, 1.165) is 18.8 Å². The third kappa shape index (κ3) is 1.47. The molecule has 0 saturated carbocycles. The maximum absolute atomic E-state index is 6.91. The van der Waals surface area contributed by atoms with E-state index in [1.165, 1.54) is 17.3 Å². The highest BCUT2D eigenvalue weighted by Gasteiger charge is 2.13. The molecule has 66 valence electrons. The van der Waals surface area contributed by atoms with Gasteiger partial charge in [0.15, 0.2) is 0 Å². The summed E-state index contributed by atoms with van der Waals surface area (Å²) in [6.45, 7) is 0.783. The lowest BCUT2D eigenvalue weighted by Gasteiger charge is -2.00. The Morgan fingerprint density at radius 2 is 2.31 bits per heavy atom. The van der Waals surface area contributed by atoms with Crippen LogP contribution in [0, 0.1) is 5.41 Å². The van der Waals surface area contributed by atoms with E-state index in [-0.39, 0.29) is 0 Å². The number of rotatable bonds is 2. The van der Waals surface area contributed by atoms with Crippen molar-refractivity contribution in [2.24, 2.45) is 0 Å². The molecule has 0 aromatic heterocycles. The van der Waals surface area contributed by atoms with Gasteiger partial charge >= 0.3 is 0 Å². The van der Waals surface area contributed by atoms with Gasteiger partial charge in [-0.15, -0.1) is 0 Å². The number of benzene rings is 1. The first kappa shape index (κ1) is 8.05. The van der Waals surface area contributed by atoms with E-state index in [1.54, 1.807) is 6.08 Å². The molecule has 0 saturated heterocycles. The fraction of sp³-hybridized carbons (Fsp3) is 0.182. The fourth-order valence-electron chi connectivity index (χ4n) is 1.56. The van der Waals surface area contributed by atoms with Crippen LogP contribution in [-0.4, -0.2) is 12.8 Å². The van der Waals surface area contributed by atoms with Gasteiger partial charge in [0.2, 0.25) is 0 Å². The number of hydrogen-bond donors (Lipinski definition) is 1. The predicted octanol–water partition coefficient (Wildman–Crippen LogP) is 2.28. The Kier molecular flexibility index (Phi) is 2.13. The molecule has 2 heteroatoms. The second kappa shape index (κ2) is 3.44. The van der Waals surface area contributed by atoms with Gasteiger partial charge in [0.1, 0.15) is 5.75 Å². The molecule has 1 N–H and O–H groups in total. The van der Waals surface area contributed by atoms with Gasteiger partial charge in [0, 0.05) is 18.2 Å². The summed E-state index contributed by atoms with van der Waals surface area (Å²) >= 11 is 0. The number of hydrogen-bond acceptors (Lipinski definition) is 2. The Hall–Kier alpha value is -1.57. The average molecular weight is 173 g/mol. The van der Waals surface area contributed by atoms with Crippen molar-refractivity contribution in [1.82, 2.24) is 0 Å². The molecule has 0 amide bonds. The van der Waals surface area contributed by atoms with Crippen molar-refractivity contribution in [3.8, 4) is 5.75 Å². The molecule has 1 aromatic carbocycles. The lowest BCUT2D eigenvalue weighted by atomic mass is 10.1. The Bertz CT molecular complexity index is 355. The van der Waals surface area contributed by atoms with Crippen LogP contribution in [0.4, 0.5) is 0 Å². The zero-order valence-electron chi connectivity index (χ0n) is 7.29. The van der Waals surface area contributed by atoms with Gasteiger partial charge in [-0.2, -0.15) is 0 Å². The van der Waals surface area contributed by atoms with Crippen LogP contribution >= 0.6 is 0 Å². The predicted molar refractivity (Wildman–Crippen MR) is 53.5 cm³/mol. The highest BCUT2D eigenvalue weighted by atomic mass is 16.5. The van der Waals surface area contributed by atoms with Crippen LogP contribution in [0.3, 0.4) is 0 Å². The molecule has 0 aliphatic carbocycles. The lowest BCUT2D eigenvalue weighted by molar-refractivity contribution is 0.357. The Balaban J connectivity index is 2.41. The Morgan fingerprint density at radius 3 is 3.15 bits per heavy atom. The summed E-state index contributed by atoms with van der Waals surface area (Å²) in [6.07, 6.45) is 5.94. The molecule has 1 aliphatic rings. The van der Waals surface area contributed by atoms with Gasteiger partial charge in [-0.05, 0) is 17.7 Å². The molecule has 0 radical (unpaired) electrons. The molecule has 0 spiro atoms. The molecule has 1 heterocycles. The van der Waals surface area contributed by atoms with Crippen LogP contribution in [0.5, 0.6) is 5.75 Å². The summed E-state index contributed by atoms with van der Waals surface area (Å²) in [5, 5.41) is 6.91. The van der Waals surface area contributed by atoms with Crippen LogP contribution in [0.15, 0.2) is 24.3 Å². The van der Waals surface area contributed by atoms with Gasteiger partial charge in [-0.25, -0.2) is 0 Å². The molecular weight excluding hydrogens is 162 g/mol. The maximum Gasteiger partial charge on any atom is 0.123 e. The van der Waals surface area contributed by atoms with Gasteiger partial charge in [-0.1, -0.05) is 18.2 Å². The summed E-state index contributed by atoms with van der Waals surface area (Å²) in [5.41, 5.74) is 2.43. The molecule has 1 aromatic rings. The molecule has 2 nitrogen and oxygen atoms in total. The lowest BCUT2D eigenvalue weighted by Crippen LogP contribution is -1.86. The second-order valence-electron chi connectivity index (χ2n) is 2.95. The van der Waals surface area contributed by atoms with E-state index >= 15 is 0 Å². The van der Waals surface area contributed by atoms with Crippen LogP contribution in [0.2, 0.25) is 0 Å². The van der Waals surface area contributed by atoms with Crippen LogP contribution < -0.4 is 4.74 Å². The molecule has 0 fully saturated rings. The van der Waals surface area contributed by atoms with Crippen molar-refractivity contribution < 1.29 is 4.74 Å². The monoisotopic (exact) mass is 173 g/mol. The number of nitrogens with one attached hydrogen (secondary N) is 1. The highest BCUT2D eigenvalue weighted by molar-refractivity contribution is 5.77. The van der Waals surface area contributed by atoms with Crippen molar-refractivity contribution in [2.45, 2.75) is 6.42 Å². The van der Waals surface area contributed by atoms with E-state index in [2.05, 4.69) is 0 Å². The van der Waals surface area contributed by atoms with Crippen LogP contribution in [0.25, 0.3) is 6.08 Å². The normalized spacial score (nSPS) is 14.2. The highest BCUT2D eigenvalue weighted by Crippen LogP contribution is 2.28.